The van der Waals surface area contributed by atoms with Crippen molar-refractivity contribution in [3.63, 3.8) is 0 Å². The van der Waals surface area contributed by atoms with Crippen LogP contribution in [-0.2, 0) is 22.4 Å². The van der Waals surface area contributed by atoms with E-state index in [1.54, 1.807) is 36.4 Å². The van der Waals surface area contributed by atoms with E-state index >= 15 is 0 Å². The Morgan fingerprint density at radius 1 is 1.05 bits per heavy atom. The topological polar surface area (TPSA) is 75.7 Å². The van der Waals surface area contributed by atoms with Crippen molar-refractivity contribution < 1.29 is 32.3 Å². The zero-order valence-electron chi connectivity index (χ0n) is 19.5. The van der Waals surface area contributed by atoms with E-state index in [2.05, 4.69) is 21.2 Å². The van der Waals surface area contributed by atoms with Gasteiger partial charge in [0, 0.05) is 5.69 Å². The third kappa shape index (κ3) is 7.36. The first-order chi connectivity index (χ1) is 18.4. The van der Waals surface area contributed by atoms with Gasteiger partial charge in [-0.2, -0.15) is 13.2 Å². The van der Waals surface area contributed by atoms with Gasteiger partial charge in [0.05, 0.1) is 25.0 Å². The molecule has 0 spiro atoms. The van der Waals surface area contributed by atoms with Gasteiger partial charge < -0.3 is 10.1 Å². The first-order valence-corrected chi connectivity index (χ1v) is 13.4. The Hall–Kier alpha value is -2.99. The van der Waals surface area contributed by atoms with Gasteiger partial charge in [0.25, 0.3) is 11.1 Å². The molecule has 6 nitrogen and oxygen atoms in total. The van der Waals surface area contributed by atoms with Crippen LogP contribution in [0.15, 0.2) is 70.0 Å². The first kappa shape index (κ1) is 29.0. The number of imide groups is 1. The van der Waals surface area contributed by atoms with Crippen LogP contribution in [0.4, 0.5) is 23.7 Å². The molecule has 3 aromatic rings. The maximum Gasteiger partial charge on any atom is 0.416 e. The second-order valence-electron chi connectivity index (χ2n) is 8.12. The van der Waals surface area contributed by atoms with Gasteiger partial charge in [-0.15, -0.1) is 0 Å². The summed E-state index contributed by atoms with van der Waals surface area (Å²) in [6.45, 7) is -0.417. The molecule has 13 heteroatoms. The number of rotatable bonds is 7. The molecule has 3 aromatic carbocycles. The number of amides is 3. The van der Waals surface area contributed by atoms with Crippen molar-refractivity contribution in [3.8, 4) is 5.75 Å². The van der Waals surface area contributed by atoms with Crippen LogP contribution in [0.25, 0.3) is 6.08 Å². The van der Waals surface area contributed by atoms with Crippen LogP contribution in [0.2, 0.25) is 10.0 Å². The summed E-state index contributed by atoms with van der Waals surface area (Å²) in [6, 6.07) is 14.3. The van der Waals surface area contributed by atoms with Gasteiger partial charge in [-0.05, 0) is 87.4 Å². The SMILES string of the molecule is O=C(CN1C(=O)S/C(=C\c2ccc(OCc3ccc(Cl)c(Cl)c3)c(Br)c2)C1=O)Nc1cccc(C(F)(F)F)c1. The minimum Gasteiger partial charge on any atom is -0.488 e. The number of nitrogens with zero attached hydrogens (tertiary/aromatic N) is 1. The fourth-order valence-corrected chi connectivity index (χ4v) is 5.09. The normalized spacial score (nSPS) is 14.7. The second kappa shape index (κ2) is 12.0. The van der Waals surface area contributed by atoms with Crippen molar-refractivity contribution in [2.45, 2.75) is 12.8 Å². The highest BCUT2D eigenvalue weighted by Crippen LogP contribution is 2.35. The molecule has 1 N–H and O–H groups in total. The molecule has 1 aliphatic rings. The standard InChI is InChI=1S/C26H16BrCl2F3N2O4S/c27-18-8-14(5-7-21(18)38-13-15-4-6-19(28)20(29)9-15)10-22-24(36)34(25(37)39-22)12-23(35)33-17-3-1-2-16(11-17)26(30,31)32/h1-11H,12-13H2,(H,33,35)/b22-10-. The number of carbonyl (C=O) groups is 3. The lowest BCUT2D eigenvalue weighted by Gasteiger charge is -2.13. The van der Waals surface area contributed by atoms with Gasteiger partial charge in [0.15, 0.2) is 0 Å². The second-order valence-corrected chi connectivity index (χ2v) is 10.8. The largest absolute Gasteiger partial charge is 0.488 e. The smallest absolute Gasteiger partial charge is 0.416 e. The summed E-state index contributed by atoms with van der Waals surface area (Å²) in [4.78, 5) is 38.4. The van der Waals surface area contributed by atoms with Crippen molar-refractivity contribution in [3.05, 3.63) is 96.8 Å². The molecule has 3 amide bonds. The Labute approximate surface area is 243 Å². The highest BCUT2D eigenvalue weighted by molar-refractivity contribution is 9.10. The molecule has 0 aromatic heterocycles. The molecule has 1 aliphatic heterocycles. The van der Waals surface area contributed by atoms with E-state index in [1.807, 2.05) is 0 Å². The number of hydrogen-bond donors (Lipinski definition) is 1. The number of anilines is 1. The highest BCUT2D eigenvalue weighted by atomic mass is 79.9. The van der Waals surface area contributed by atoms with Gasteiger partial charge in [0.1, 0.15) is 18.9 Å². The number of thioether (sulfide) groups is 1. The van der Waals surface area contributed by atoms with Gasteiger partial charge >= 0.3 is 6.18 Å². The van der Waals surface area contributed by atoms with Crippen LogP contribution >= 0.6 is 50.9 Å². The molecule has 4 rings (SSSR count). The van der Waals surface area contributed by atoms with Gasteiger partial charge in [-0.25, -0.2) is 0 Å². The number of hydrogen-bond acceptors (Lipinski definition) is 5. The molecule has 0 unspecified atom stereocenters. The quantitative estimate of drug-likeness (QED) is 0.260. The highest BCUT2D eigenvalue weighted by Gasteiger charge is 2.36. The fourth-order valence-electron chi connectivity index (χ4n) is 3.42. The van der Waals surface area contributed by atoms with Crippen molar-refractivity contribution in [2.75, 3.05) is 11.9 Å². The number of ether oxygens (including phenoxy) is 1. The molecular formula is C26H16BrCl2F3N2O4S. The Balaban J connectivity index is 1.39. The lowest BCUT2D eigenvalue weighted by molar-refractivity contribution is -0.137. The van der Waals surface area contributed by atoms with Crippen molar-refractivity contribution in [2.24, 2.45) is 0 Å². The van der Waals surface area contributed by atoms with E-state index in [4.69, 9.17) is 27.9 Å². The minimum absolute atomic E-state index is 0.0863. The van der Waals surface area contributed by atoms with Crippen LogP contribution < -0.4 is 10.1 Å². The zero-order chi connectivity index (χ0) is 28.3. The molecule has 1 heterocycles. The zero-order valence-corrected chi connectivity index (χ0v) is 23.4. The summed E-state index contributed by atoms with van der Waals surface area (Å²) >= 11 is 16.0. The van der Waals surface area contributed by atoms with Crippen LogP contribution in [0, 0.1) is 0 Å². The average Bonchev–Trinajstić information content (AvgIpc) is 3.12. The third-order valence-corrected chi connectivity index (χ3v) is 7.55. The van der Waals surface area contributed by atoms with E-state index in [1.165, 1.54) is 12.1 Å². The number of nitrogens with one attached hydrogen (secondary N) is 1. The molecule has 0 radical (unpaired) electrons. The molecule has 0 saturated carbocycles. The molecule has 0 atom stereocenters. The number of alkyl halides is 3. The monoisotopic (exact) mass is 658 g/mol. The van der Waals surface area contributed by atoms with Crippen molar-refractivity contribution >= 4 is 79.7 Å². The maximum absolute atomic E-state index is 12.9. The molecular weight excluding hydrogens is 644 g/mol. The summed E-state index contributed by atoms with van der Waals surface area (Å²) in [7, 11) is 0. The predicted octanol–water partition coefficient (Wildman–Crippen LogP) is 8.03. The summed E-state index contributed by atoms with van der Waals surface area (Å²) in [5.41, 5.74) is 0.351. The van der Waals surface area contributed by atoms with Crippen molar-refractivity contribution in [1.82, 2.24) is 4.90 Å². The number of benzene rings is 3. The molecule has 1 saturated heterocycles. The third-order valence-electron chi connectivity index (χ3n) is 5.28. The fraction of sp³-hybridized carbons (Fsp3) is 0.115. The molecule has 1 fully saturated rings. The lowest BCUT2D eigenvalue weighted by Crippen LogP contribution is -2.36. The summed E-state index contributed by atoms with van der Waals surface area (Å²) in [5, 5.41) is 2.46. The van der Waals surface area contributed by atoms with Crippen LogP contribution in [0.3, 0.4) is 0 Å². The van der Waals surface area contributed by atoms with Gasteiger partial charge in [-0.1, -0.05) is 41.4 Å². The van der Waals surface area contributed by atoms with Gasteiger partial charge in [-0.3, -0.25) is 19.3 Å². The Morgan fingerprint density at radius 3 is 2.51 bits per heavy atom. The van der Waals surface area contributed by atoms with E-state index < -0.39 is 35.3 Å². The van der Waals surface area contributed by atoms with Crippen LogP contribution in [-0.4, -0.2) is 28.5 Å². The van der Waals surface area contributed by atoms with E-state index in [9.17, 15) is 27.6 Å². The summed E-state index contributed by atoms with van der Waals surface area (Å²) in [5.74, 6) is -0.984. The van der Waals surface area contributed by atoms with Gasteiger partial charge in [0.2, 0.25) is 5.91 Å². The minimum atomic E-state index is -4.58. The molecule has 39 heavy (non-hydrogen) atoms. The average molecular weight is 660 g/mol. The Bertz CT molecular complexity index is 1500. The van der Waals surface area contributed by atoms with Crippen LogP contribution in [0.5, 0.6) is 5.75 Å². The molecule has 0 bridgehead atoms. The lowest BCUT2D eigenvalue weighted by atomic mass is 10.2. The number of carbonyl (C=O) groups excluding carboxylic acids is 3. The number of halogens is 6. The van der Waals surface area contributed by atoms with E-state index in [0.717, 1.165) is 28.7 Å². The first-order valence-electron chi connectivity index (χ1n) is 11.0. The van der Waals surface area contributed by atoms with E-state index in [0.29, 0.717) is 37.6 Å². The van der Waals surface area contributed by atoms with Crippen LogP contribution in [0.1, 0.15) is 16.7 Å². The van der Waals surface area contributed by atoms with E-state index in [-0.39, 0.29) is 17.2 Å². The van der Waals surface area contributed by atoms with Crippen molar-refractivity contribution in [1.29, 1.82) is 0 Å². The molecule has 202 valence electrons. The molecule has 0 aliphatic carbocycles. The summed E-state index contributed by atoms with van der Waals surface area (Å²) < 4.78 is 45.1. The summed E-state index contributed by atoms with van der Waals surface area (Å²) in [6.07, 6.45) is -3.09. The Morgan fingerprint density at radius 2 is 1.82 bits per heavy atom. The predicted molar refractivity (Wildman–Crippen MR) is 148 cm³/mol. The maximum atomic E-state index is 12.9. The Kier molecular flexibility index (Phi) is 8.95.